The smallest absolute Gasteiger partial charge is 0.126 e. The molecule has 0 bridgehead atoms. The second-order valence-electron chi connectivity index (χ2n) is 4.54. The number of benzene rings is 2. The number of thiophene rings is 1. The standard InChI is InChI=1S/C16H14FNOS/c17-13-2-1-3-14(8-13)19-10-15-7-12-5-4-11(9-18)6-16(12)20-15/h1-8H,9-10,18H2. The van der Waals surface area contributed by atoms with Crippen LogP contribution < -0.4 is 10.5 Å². The molecule has 4 heteroatoms. The zero-order valence-corrected chi connectivity index (χ0v) is 11.6. The fourth-order valence-corrected chi connectivity index (χ4v) is 3.08. The summed E-state index contributed by atoms with van der Waals surface area (Å²) in [5, 5.41) is 1.19. The number of nitrogens with two attached hydrogens (primary N) is 1. The third-order valence-electron chi connectivity index (χ3n) is 3.05. The van der Waals surface area contributed by atoms with Gasteiger partial charge in [0.25, 0.3) is 0 Å². The predicted octanol–water partition coefficient (Wildman–Crippen LogP) is 4.08. The van der Waals surface area contributed by atoms with Gasteiger partial charge in [-0.1, -0.05) is 18.2 Å². The van der Waals surface area contributed by atoms with Crippen molar-refractivity contribution < 1.29 is 9.13 Å². The van der Waals surface area contributed by atoms with Gasteiger partial charge in [0.05, 0.1) is 0 Å². The van der Waals surface area contributed by atoms with Gasteiger partial charge in [-0.05, 0) is 35.2 Å². The molecule has 0 saturated heterocycles. The zero-order chi connectivity index (χ0) is 13.9. The van der Waals surface area contributed by atoms with E-state index in [1.165, 1.54) is 22.2 Å². The molecule has 0 amide bonds. The molecule has 0 radical (unpaired) electrons. The summed E-state index contributed by atoms with van der Waals surface area (Å²) >= 11 is 1.68. The van der Waals surface area contributed by atoms with Gasteiger partial charge in [0.1, 0.15) is 18.2 Å². The Hall–Kier alpha value is -1.91. The van der Waals surface area contributed by atoms with Crippen molar-refractivity contribution in [3.8, 4) is 5.75 Å². The Bertz CT molecular complexity index is 738. The minimum absolute atomic E-state index is 0.286. The summed E-state index contributed by atoms with van der Waals surface area (Å²) in [5.74, 6) is 0.261. The van der Waals surface area contributed by atoms with E-state index in [-0.39, 0.29) is 5.82 Å². The van der Waals surface area contributed by atoms with Crippen molar-refractivity contribution in [1.82, 2.24) is 0 Å². The van der Waals surface area contributed by atoms with E-state index in [0.29, 0.717) is 18.9 Å². The van der Waals surface area contributed by atoms with Crippen LogP contribution in [-0.2, 0) is 13.2 Å². The number of rotatable bonds is 4. The van der Waals surface area contributed by atoms with Gasteiger partial charge in [-0.15, -0.1) is 11.3 Å². The van der Waals surface area contributed by atoms with Gasteiger partial charge in [0.15, 0.2) is 0 Å². The van der Waals surface area contributed by atoms with Crippen LogP contribution in [0.2, 0.25) is 0 Å². The summed E-state index contributed by atoms with van der Waals surface area (Å²) in [6.45, 7) is 0.990. The number of fused-ring (bicyclic) bond motifs is 1. The molecule has 0 unspecified atom stereocenters. The molecule has 0 aliphatic heterocycles. The highest BCUT2D eigenvalue weighted by molar-refractivity contribution is 7.19. The van der Waals surface area contributed by atoms with Crippen molar-refractivity contribution in [2.24, 2.45) is 5.73 Å². The van der Waals surface area contributed by atoms with Gasteiger partial charge >= 0.3 is 0 Å². The summed E-state index contributed by atoms with van der Waals surface area (Å²) in [6, 6.07) is 14.5. The van der Waals surface area contributed by atoms with Gasteiger partial charge in [0, 0.05) is 22.2 Å². The molecule has 102 valence electrons. The Morgan fingerprint density at radius 3 is 2.80 bits per heavy atom. The first-order valence-electron chi connectivity index (χ1n) is 6.34. The van der Waals surface area contributed by atoms with Crippen LogP contribution in [0.4, 0.5) is 4.39 Å². The summed E-state index contributed by atoms with van der Waals surface area (Å²) in [6.07, 6.45) is 0. The molecule has 20 heavy (non-hydrogen) atoms. The van der Waals surface area contributed by atoms with E-state index in [1.807, 2.05) is 6.07 Å². The third-order valence-corrected chi connectivity index (χ3v) is 4.12. The van der Waals surface area contributed by atoms with Crippen LogP contribution in [0.25, 0.3) is 10.1 Å². The lowest BCUT2D eigenvalue weighted by Crippen LogP contribution is -1.94. The number of ether oxygens (including phenoxy) is 1. The Morgan fingerprint density at radius 2 is 2.00 bits per heavy atom. The molecule has 0 spiro atoms. The summed E-state index contributed by atoms with van der Waals surface area (Å²) in [5.41, 5.74) is 6.76. The van der Waals surface area contributed by atoms with Crippen molar-refractivity contribution in [2.45, 2.75) is 13.2 Å². The van der Waals surface area contributed by atoms with Crippen molar-refractivity contribution in [3.05, 3.63) is 64.8 Å². The average molecular weight is 287 g/mol. The van der Waals surface area contributed by atoms with E-state index in [1.54, 1.807) is 23.5 Å². The average Bonchev–Trinajstić information content (AvgIpc) is 2.87. The van der Waals surface area contributed by atoms with Crippen LogP contribution in [0.5, 0.6) is 5.75 Å². The van der Waals surface area contributed by atoms with Gasteiger partial charge in [-0.3, -0.25) is 0 Å². The largest absolute Gasteiger partial charge is 0.488 e. The minimum Gasteiger partial charge on any atom is -0.488 e. The van der Waals surface area contributed by atoms with E-state index in [9.17, 15) is 4.39 Å². The fourth-order valence-electron chi connectivity index (χ4n) is 2.04. The number of hydrogen-bond donors (Lipinski definition) is 1. The first-order chi connectivity index (χ1) is 9.74. The Kier molecular flexibility index (Phi) is 3.67. The molecule has 0 aliphatic rings. The molecular weight excluding hydrogens is 273 g/mol. The molecule has 0 fully saturated rings. The minimum atomic E-state index is -0.286. The molecule has 3 rings (SSSR count). The SMILES string of the molecule is NCc1ccc2cc(COc3cccc(F)c3)sc2c1. The van der Waals surface area contributed by atoms with E-state index >= 15 is 0 Å². The maximum atomic E-state index is 13.1. The first kappa shape index (κ1) is 13.1. The predicted molar refractivity (Wildman–Crippen MR) is 80.4 cm³/mol. The van der Waals surface area contributed by atoms with Gasteiger partial charge in [0.2, 0.25) is 0 Å². The van der Waals surface area contributed by atoms with Gasteiger partial charge < -0.3 is 10.5 Å². The van der Waals surface area contributed by atoms with Crippen LogP contribution in [0.1, 0.15) is 10.4 Å². The van der Waals surface area contributed by atoms with Crippen molar-refractivity contribution in [1.29, 1.82) is 0 Å². The van der Waals surface area contributed by atoms with Crippen LogP contribution in [0.3, 0.4) is 0 Å². The Labute approximate surface area is 120 Å². The highest BCUT2D eigenvalue weighted by atomic mass is 32.1. The summed E-state index contributed by atoms with van der Waals surface area (Å²) in [7, 11) is 0. The maximum absolute atomic E-state index is 13.1. The lowest BCUT2D eigenvalue weighted by Gasteiger charge is -2.03. The molecule has 2 N–H and O–H groups in total. The summed E-state index contributed by atoms with van der Waals surface area (Å²) < 4.78 is 19.9. The maximum Gasteiger partial charge on any atom is 0.126 e. The second kappa shape index (κ2) is 5.61. The first-order valence-corrected chi connectivity index (χ1v) is 7.16. The van der Waals surface area contributed by atoms with Crippen molar-refractivity contribution in [2.75, 3.05) is 0 Å². The molecular formula is C16H14FNOS. The molecule has 1 heterocycles. The third kappa shape index (κ3) is 2.81. The van der Waals surface area contributed by atoms with Crippen LogP contribution >= 0.6 is 11.3 Å². The highest BCUT2D eigenvalue weighted by Crippen LogP contribution is 2.27. The van der Waals surface area contributed by atoms with Crippen LogP contribution in [0.15, 0.2) is 48.5 Å². The molecule has 0 atom stereocenters. The number of halogens is 1. The monoisotopic (exact) mass is 287 g/mol. The van der Waals surface area contributed by atoms with E-state index < -0.39 is 0 Å². The van der Waals surface area contributed by atoms with Crippen molar-refractivity contribution >= 4 is 21.4 Å². The quantitative estimate of drug-likeness (QED) is 0.784. The number of hydrogen-bond acceptors (Lipinski definition) is 3. The lowest BCUT2D eigenvalue weighted by molar-refractivity contribution is 0.308. The zero-order valence-electron chi connectivity index (χ0n) is 10.8. The topological polar surface area (TPSA) is 35.2 Å². The molecule has 2 aromatic carbocycles. The van der Waals surface area contributed by atoms with E-state index in [0.717, 1.165) is 10.4 Å². The molecule has 3 aromatic rings. The Morgan fingerprint density at radius 1 is 1.10 bits per heavy atom. The van der Waals surface area contributed by atoms with Crippen LogP contribution in [0, 0.1) is 5.82 Å². The Balaban J connectivity index is 1.77. The second-order valence-corrected chi connectivity index (χ2v) is 5.70. The van der Waals surface area contributed by atoms with Gasteiger partial charge in [-0.25, -0.2) is 4.39 Å². The van der Waals surface area contributed by atoms with Crippen LogP contribution in [-0.4, -0.2) is 0 Å². The molecule has 1 aromatic heterocycles. The fraction of sp³-hybridized carbons (Fsp3) is 0.125. The normalized spacial score (nSPS) is 10.9. The molecule has 0 aliphatic carbocycles. The van der Waals surface area contributed by atoms with E-state index in [4.69, 9.17) is 10.5 Å². The molecule has 2 nitrogen and oxygen atoms in total. The molecule has 0 saturated carbocycles. The van der Waals surface area contributed by atoms with E-state index in [2.05, 4.69) is 18.2 Å². The summed E-state index contributed by atoms with van der Waals surface area (Å²) in [4.78, 5) is 1.11. The highest BCUT2D eigenvalue weighted by Gasteiger charge is 2.04. The van der Waals surface area contributed by atoms with Gasteiger partial charge in [-0.2, -0.15) is 0 Å². The van der Waals surface area contributed by atoms with Crippen molar-refractivity contribution in [3.63, 3.8) is 0 Å². The lowest BCUT2D eigenvalue weighted by atomic mass is 10.2.